The van der Waals surface area contributed by atoms with Gasteiger partial charge in [-0.05, 0) is 43.9 Å². The van der Waals surface area contributed by atoms with E-state index >= 15 is 0 Å². The molecule has 0 saturated heterocycles. The first kappa shape index (κ1) is 11.0. The van der Waals surface area contributed by atoms with Crippen molar-refractivity contribution in [2.75, 3.05) is 0 Å². The summed E-state index contributed by atoms with van der Waals surface area (Å²) in [7, 11) is -3.46. The van der Waals surface area contributed by atoms with Crippen molar-refractivity contribution in [1.29, 1.82) is 0 Å². The summed E-state index contributed by atoms with van der Waals surface area (Å²) in [5, 5.41) is 1.08. The van der Waals surface area contributed by atoms with E-state index in [0.717, 1.165) is 37.2 Å². The average molecular weight is 268 g/mol. The first-order valence-corrected chi connectivity index (χ1v) is 8.21. The molecule has 0 unspecified atom stereocenters. The zero-order chi connectivity index (χ0) is 12.5. The Morgan fingerprint density at radius 3 is 2.17 bits per heavy atom. The fourth-order valence-electron chi connectivity index (χ4n) is 4.97. The van der Waals surface area contributed by atoms with E-state index in [1.54, 1.807) is 0 Å². The third-order valence-electron chi connectivity index (χ3n) is 5.36. The minimum Gasteiger partial charge on any atom is -0.438 e. The molecule has 0 aromatic carbocycles. The van der Waals surface area contributed by atoms with E-state index in [9.17, 15) is 13.2 Å². The van der Waals surface area contributed by atoms with Crippen molar-refractivity contribution in [3.05, 3.63) is 11.5 Å². The monoisotopic (exact) mass is 268 g/mol. The van der Waals surface area contributed by atoms with Gasteiger partial charge in [0.15, 0.2) is 0 Å². The third kappa shape index (κ3) is 1.16. The Morgan fingerprint density at radius 1 is 1.06 bits per heavy atom. The van der Waals surface area contributed by atoms with Crippen LogP contribution in [0.1, 0.15) is 32.1 Å². The van der Waals surface area contributed by atoms with Crippen LogP contribution in [0.5, 0.6) is 0 Å². The Balaban J connectivity index is 1.88. The molecule has 4 fully saturated rings. The number of carbonyl (C=O) groups excluding carboxylic acids is 1. The maximum absolute atomic E-state index is 12.5. The summed E-state index contributed by atoms with van der Waals surface area (Å²) < 4.78 is 30.4. The van der Waals surface area contributed by atoms with E-state index in [4.69, 9.17) is 4.74 Å². The second-order valence-electron chi connectivity index (χ2n) is 6.29. The van der Waals surface area contributed by atoms with Gasteiger partial charge in [0.25, 0.3) is 0 Å². The molecule has 5 rings (SSSR count). The normalized spacial score (nSPS) is 51.7. The largest absolute Gasteiger partial charge is 0.438 e. The van der Waals surface area contributed by atoms with Gasteiger partial charge < -0.3 is 4.74 Å². The molecular formula is C13H16O4S. The second-order valence-corrected chi connectivity index (χ2v) is 8.29. The highest BCUT2D eigenvalue weighted by Crippen LogP contribution is 2.62. The van der Waals surface area contributed by atoms with Gasteiger partial charge >= 0.3 is 5.97 Å². The third-order valence-corrected chi connectivity index (χ3v) is 7.50. The Kier molecular flexibility index (Phi) is 1.95. The van der Waals surface area contributed by atoms with Crippen LogP contribution in [0.4, 0.5) is 0 Å². The number of rotatable bonds is 0. The summed E-state index contributed by atoms with van der Waals surface area (Å²) in [6, 6.07) is 0. The molecule has 4 nitrogen and oxygen atoms in total. The van der Waals surface area contributed by atoms with Gasteiger partial charge in [0.05, 0.1) is 0 Å². The Morgan fingerprint density at radius 2 is 1.61 bits per heavy atom. The van der Waals surface area contributed by atoms with Gasteiger partial charge in [0, 0.05) is 23.3 Å². The maximum Gasteiger partial charge on any atom is 0.333 e. The van der Waals surface area contributed by atoms with Gasteiger partial charge in [-0.15, -0.1) is 0 Å². The van der Waals surface area contributed by atoms with Crippen LogP contribution in [0.25, 0.3) is 0 Å². The highest BCUT2D eigenvalue weighted by atomic mass is 32.2. The summed E-state index contributed by atoms with van der Waals surface area (Å²) in [5.74, 6) is 0.855. The number of ether oxygens (including phenoxy) is 1. The van der Waals surface area contributed by atoms with Crippen LogP contribution < -0.4 is 0 Å². The molecule has 5 heteroatoms. The molecule has 4 aliphatic carbocycles. The quantitative estimate of drug-likeness (QED) is 0.626. The van der Waals surface area contributed by atoms with Gasteiger partial charge in [-0.2, -0.15) is 0 Å². The summed E-state index contributed by atoms with van der Waals surface area (Å²) in [4.78, 5) is 10.4. The molecule has 1 heterocycles. The van der Waals surface area contributed by atoms with Crippen molar-refractivity contribution in [2.45, 2.75) is 37.0 Å². The lowest BCUT2D eigenvalue weighted by Gasteiger charge is -2.59. The van der Waals surface area contributed by atoms with Crippen LogP contribution >= 0.6 is 0 Å². The molecule has 0 radical (unpaired) electrons. The standard InChI is InChI=1S/C13H16O4S/c14-12-1-2-18(15,16)13(17-12)10-4-8-3-9(6-10)7-11(13)5-8/h1-2,8-11H,3-7H2. The number of carbonyl (C=O) groups is 1. The molecule has 0 amide bonds. The lowest BCUT2D eigenvalue weighted by molar-refractivity contribution is -0.177. The van der Waals surface area contributed by atoms with Crippen molar-refractivity contribution >= 4 is 15.8 Å². The maximum atomic E-state index is 12.5. The minimum absolute atomic E-state index is 0.0210. The minimum atomic E-state index is -3.46. The van der Waals surface area contributed by atoms with Crippen molar-refractivity contribution in [2.24, 2.45) is 23.7 Å². The summed E-state index contributed by atoms with van der Waals surface area (Å²) in [6.45, 7) is 0. The SMILES string of the molecule is O=C1C=CS(=O)(=O)C2(O1)C1CC3CC(C1)CC2C3. The van der Waals surface area contributed by atoms with E-state index in [1.807, 2.05) is 0 Å². The lowest BCUT2D eigenvalue weighted by atomic mass is 9.54. The summed E-state index contributed by atoms with van der Waals surface area (Å²) in [6.07, 6.45) is 5.93. The summed E-state index contributed by atoms with van der Waals surface area (Å²) in [5.41, 5.74) is 0. The van der Waals surface area contributed by atoms with Crippen molar-refractivity contribution < 1.29 is 17.9 Å². The molecule has 0 N–H and O–H groups in total. The first-order chi connectivity index (χ1) is 8.51. The van der Waals surface area contributed by atoms with Gasteiger partial charge in [-0.25, -0.2) is 13.2 Å². The van der Waals surface area contributed by atoms with Crippen LogP contribution in [0.15, 0.2) is 11.5 Å². The van der Waals surface area contributed by atoms with Gasteiger partial charge in [0.2, 0.25) is 14.8 Å². The van der Waals surface area contributed by atoms with Crippen LogP contribution in [-0.4, -0.2) is 19.3 Å². The zero-order valence-corrected chi connectivity index (χ0v) is 10.9. The molecule has 4 saturated carbocycles. The van der Waals surface area contributed by atoms with Crippen LogP contribution in [0, 0.1) is 23.7 Å². The van der Waals surface area contributed by atoms with E-state index in [0.29, 0.717) is 11.8 Å². The molecular weight excluding hydrogens is 252 g/mol. The number of hydrogen-bond donors (Lipinski definition) is 0. The Bertz CT molecular complexity index is 517. The van der Waals surface area contributed by atoms with E-state index in [2.05, 4.69) is 0 Å². The molecule has 0 aromatic rings. The molecule has 1 spiro atoms. The molecule has 18 heavy (non-hydrogen) atoms. The number of hydrogen-bond acceptors (Lipinski definition) is 4. The Labute approximate surface area is 106 Å². The fraction of sp³-hybridized carbons (Fsp3) is 0.769. The van der Waals surface area contributed by atoms with Crippen LogP contribution in [0.2, 0.25) is 0 Å². The molecule has 0 atom stereocenters. The molecule has 0 aromatic heterocycles. The average Bonchev–Trinajstić information content (AvgIpc) is 2.29. The highest BCUT2D eigenvalue weighted by Gasteiger charge is 2.66. The smallest absolute Gasteiger partial charge is 0.333 e. The van der Waals surface area contributed by atoms with Crippen LogP contribution in [0.3, 0.4) is 0 Å². The predicted octanol–water partition coefficient (Wildman–Crippen LogP) is 1.62. The van der Waals surface area contributed by atoms with E-state index in [-0.39, 0.29) is 11.8 Å². The van der Waals surface area contributed by atoms with Crippen molar-refractivity contribution in [3.63, 3.8) is 0 Å². The molecule has 98 valence electrons. The first-order valence-electron chi connectivity index (χ1n) is 6.67. The lowest BCUT2D eigenvalue weighted by Crippen LogP contribution is -2.63. The molecule has 5 aliphatic rings. The summed E-state index contributed by atoms with van der Waals surface area (Å²) >= 11 is 0. The van der Waals surface area contributed by atoms with Gasteiger partial charge in [0.1, 0.15) is 0 Å². The predicted molar refractivity (Wildman–Crippen MR) is 63.9 cm³/mol. The van der Waals surface area contributed by atoms with Crippen molar-refractivity contribution in [3.8, 4) is 0 Å². The van der Waals surface area contributed by atoms with Crippen molar-refractivity contribution in [1.82, 2.24) is 0 Å². The second kappa shape index (κ2) is 3.18. The van der Waals surface area contributed by atoms with E-state index in [1.165, 1.54) is 6.42 Å². The zero-order valence-electron chi connectivity index (χ0n) is 10.0. The number of sulfone groups is 1. The van der Waals surface area contributed by atoms with Gasteiger partial charge in [-0.3, -0.25) is 0 Å². The topological polar surface area (TPSA) is 60.4 Å². The van der Waals surface area contributed by atoms with Crippen LogP contribution in [-0.2, 0) is 19.4 Å². The van der Waals surface area contributed by atoms with E-state index < -0.39 is 20.7 Å². The Hall–Kier alpha value is -0.840. The number of esters is 1. The highest BCUT2D eigenvalue weighted by molar-refractivity contribution is 7.95. The fourth-order valence-corrected chi connectivity index (χ4v) is 6.99. The molecule has 1 aliphatic heterocycles. The molecule has 4 bridgehead atoms. The van der Waals surface area contributed by atoms with Gasteiger partial charge in [-0.1, -0.05) is 0 Å².